The number of nitrogens with zero attached hydrogens (tertiary/aromatic N) is 1. The lowest BCUT2D eigenvalue weighted by atomic mass is 9.98. The van der Waals surface area contributed by atoms with Crippen LogP contribution in [0.5, 0.6) is 11.5 Å². The molecule has 2 aromatic carbocycles. The van der Waals surface area contributed by atoms with Crippen LogP contribution >= 0.6 is 0 Å². The highest BCUT2D eigenvalue weighted by molar-refractivity contribution is 5.98. The van der Waals surface area contributed by atoms with Gasteiger partial charge in [-0.3, -0.25) is 9.59 Å². The number of amides is 1. The molecule has 3 aromatic rings. The van der Waals surface area contributed by atoms with Crippen LogP contribution in [0.4, 0.5) is 0 Å². The third-order valence-corrected chi connectivity index (χ3v) is 4.53. The third-order valence-electron chi connectivity index (χ3n) is 4.53. The monoisotopic (exact) mass is 337 g/mol. The second-order valence-electron chi connectivity index (χ2n) is 5.92. The van der Waals surface area contributed by atoms with E-state index in [0.29, 0.717) is 22.1 Å². The Morgan fingerprint density at radius 1 is 1.16 bits per heavy atom. The number of ether oxygens (including phenoxy) is 1. The van der Waals surface area contributed by atoms with Gasteiger partial charge in [0.1, 0.15) is 5.58 Å². The lowest BCUT2D eigenvalue weighted by molar-refractivity contribution is 0.0771. The number of phenols is 1. The molecule has 0 saturated carbocycles. The van der Waals surface area contributed by atoms with Gasteiger partial charge in [-0.1, -0.05) is 18.2 Å². The number of carbonyl (C=O) groups excluding carboxylic acids is 1. The highest BCUT2D eigenvalue weighted by atomic mass is 16.5. The van der Waals surface area contributed by atoms with Crippen molar-refractivity contribution in [2.75, 3.05) is 14.2 Å². The van der Waals surface area contributed by atoms with E-state index in [9.17, 15) is 14.7 Å². The summed E-state index contributed by atoms with van der Waals surface area (Å²) in [7, 11) is 3.06. The molecule has 0 radical (unpaired) electrons. The third kappa shape index (κ3) is 2.11. The molecule has 126 valence electrons. The Kier molecular flexibility index (Phi) is 3.28. The number of aromatic hydroxyl groups is 1. The van der Waals surface area contributed by atoms with Crippen LogP contribution in [0.3, 0.4) is 0 Å². The predicted octanol–water partition coefficient (Wildman–Crippen LogP) is 2.68. The average Bonchev–Trinajstić information content (AvgIpc) is 2.88. The summed E-state index contributed by atoms with van der Waals surface area (Å²) in [6, 6.07) is 11.0. The van der Waals surface area contributed by atoms with Gasteiger partial charge in [0.15, 0.2) is 16.9 Å². The second kappa shape index (κ2) is 5.37. The number of benzene rings is 2. The van der Waals surface area contributed by atoms with Gasteiger partial charge in [0.05, 0.1) is 24.1 Å². The summed E-state index contributed by atoms with van der Waals surface area (Å²) in [5, 5.41) is 10.2. The minimum atomic E-state index is -0.599. The standard InChI is InChI=1S/C19H15NO5/c1-20-16(10-7-8-12(21)14(9-10)24-2)15-17(22)11-5-3-4-6-13(11)25-18(15)19(20)23/h3-9,16,21H,1-2H3/t16-/m1/s1. The van der Waals surface area contributed by atoms with Gasteiger partial charge in [-0.15, -0.1) is 0 Å². The van der Waals surface area contributed by atoms with Gasteiger partial charge in [-0.25, -0.2) is 0 Å². The topological polar surface area (TPSA) is 80.0 Å². The fourth-order valence-corrected chi connectivity index (χ4v) is 3.29. The van der Waals surface area contributed by atoms with Crippen molar-refractivity contribution in [1.82, 2.24) is 4.90 Å². The van der Waals surface area contributed by atoms with Crippen molar-refractivity contribution in [2.24, 2.45) is 0 Å². The first-order chi connectivity index (χ1) is 12.0. The van der Waals surface area contributed by atoms with Gasteiger partial charge in [0, 0.05) is 7.05 Å². The number of para-hydroxylation sites is 1. The number of methoxy groups -OCH3 is 1. The maximum atomic E-state index is 13.0. The normalized spacial score (nSPS) is 16.3. The molecule has 6 heteroatoms. The lowest BCUT2D eigenvalue weighted by Crippen LogP contribution is -2.25. The molecule has 2 heterocycles. The minimum absolute atomic E-state index is 0.0102. The van der Waals surface area contributed by atoms with Crippen molar-refractivity contribution in [3.8, 4) is 11.5 Å². The first-order valence-electron chi connectivity index (χ1n) is 7.72. The van der Waals surface area contributed by atoms with Crippen LogP contribution in [0, 0.1) is 0 Å². The number of carbonyl (C=O) groups is 1. The maximum absolute atomic E-state index is 13.0. The second-order valence-corrected chi connectivity index (χ2v) is 5.92. The molecule has 1 amide bonds. The van der Waals surface area contributed by atoms with Crippen LogP contribution in [0.1, 0.15) is 27.7 Å². The number of hydrogen-bond donors (Lipinski definition) is 1. The van der Waals surface area contributed by atoms with Crippen LogP contribution in [0.2, 0.25) is 0 Å². The van der Waals surface area contributed by atoms with Crippen LogP contribution < -0.4 is 10.2 Å². The van der Waals surface area contributed by atoms with Gasteiger partial charge in [0.25, 0.3) is 5.91 Å². The quantitative estimate of drug-likeness (QED) is 0.778. The Hall–Kier alpha value is -3.28. The maximum Gasteiger partial charge on any atom is 0.290 e. The first-order valence-corrected chi connectivity index (χ1v) is 7.72. The zero-order chi connectivity index (χ0) is 17.7. The Morgan fingerprint density at radius 2 is 1.92 bits per heavy atom. The molecule has 4 rings (SSSR count). The van der Waals surface area contributed by atoms with E-state index < -0.39 is 6.04 Å². The molecule has 1 aliphatic heterocycles. The smallest absolute Gasteiger partial charge is 0.290 e. The molecule has 0 unspecified atom stereocenters. The van der Waals surface area contributed by atoms with E-state index >= 15 is 0 Å². The molecule has 25 heavy (non-hydrogen) atoms. The summed E-state index contributed by atoms with van der Waals surface area (Å²) in [6.45, 7) is 0. The number of hydrogen-bond acceptors (Lipinski definition) is 5. The number of rotatable bonds is 2. The minimum Gasteiger partial charge on any atom is -0.504 e. The highest BCUT2D eigenvalue weighted by Crippen LogP contribution is 2.39. The molecule has 0 spiro atoms. The molecule has 1 N–H and O–H groups in total. The zero-order valence-corrected chi connectivity index (χ0v) is 13.6. The summed E-state index contributed by atoms with van der Waals surface area (Å²) in [6.07, 6.45) is 0. The first kappa shape index (κ1) is 15.3. The molecule has 0 saturated heterocycles. The van der Waals surface area contributed by atoms with Crippen LogP contribution in [-0.4, -0.2) is 30.1 Å². The van der Waals surface area contributed by atoms with Crippen LogP contribution in [0.25, 0.3) is 11.0 Å². The Balaban J connectivity index is 2.00. The molecular weight excluding hydrogens is 322 g/mol. The Morgan fingerprint density at radius 3 is 2.68 bits per heavy atom. The Bertz CT molecular complexity index is 1070. The zero-order valence-electron chi connectivity index (χ0n) is 13.6. The summed E-state index contributed by atoms with van der Waals surface area (Å²) in [5.74, 6) is -0.0286. The van der Waals surface area contributed by atoms with Crippen molar-refractivity contribution in [3.05, 3.63) is 69.6 Å². The molecule has 0 aliphatic carbocycles. The van der Waals surface area contributed by atoms with E-state index in [4.69, 9.17) is 9.15 Å². The van der Waals surface area contributed by atoms with Crippen molar-refractivity contribution < 1.29 is 19.1 Å². The molecule has 0 fully saturated rings. The van der Waals surface area contributed by atoms with Crippen molar-refractivity contribution in [1.29, 1.82) is 0 Å². The van der Waals surface area contributed by atoms with Gasteiger partial charge in [-0.05, 0) is 29.8 Å². The predicted molar refractivity (Wildman–Crippen MR) is 91.1 cm³/mol. The van der Waals surface area contributed by atoms with E-state index in [0.717, 1.165) is 0 Å². The molecular formula is C19H15NO5. The van der Waals surface area contributed by atoms with Gasteiger partial charge in [-0.2, -0.15) is 0 Å². The highest BCUT2D eigenvalue weighted by Gasteiger charge is 2.40. The molecule has 1 aromatic heterocycles. The van der Waals surface area contributed by atoms with E-state index in [1.807, 2.05) is 0 Å². The van der Waals surface area contributed by atoms with E-state index in [1.165, 1.54) is 18.1 Å². The largest absolute Gasteiger partial charge is 0.504 e. The Labute approximate surface area is 142 Å². The molecule has 1 atom stereocenters. The molecule has 6 nitrogen and oxygen atoms in total. The fourth-order valence-electron chi connectivity index (χ4n) is 3.29. The van der Waals surface area contributed by atoms with E-state index in [1.54, 1.807) is 43.4 Å². The number of phenolic OH excluding ortho intramolecular Hbond substituents is 1. The lowest BCUT2D eigenvalue weighted by Gasteiger charge is -2.21. The summed E-state index contributed by atoms with van der Waals surface area (Å²) in [5.41, 5.74) is 1.12. The van der Waals surface area contributed by atoms with Crippen molar-refractivity contribution in [2.45, 2.75) is 6.04 Å². The van der Waals surface area contributed by atoms with E-state index in [-0.39, 0.29) is 28.6 Å². The molecule has 1 aliphatic rings. The van der Waals surface area contributed by atoms with Gasteiger partial charge >= 0.3 is 0 Å². The molecule has 0 bridgehead atoms. The van der Waals surface area contributed by atoms with Crippen molar-refractivity contribution >= 4 is 16.9 Å². The SMILES string of the molecule is COc1cc([C@@H]2c3c(oc4ccccc4c3=O)C(=O)N2C)ccc1O. The summed E-state index contributed by atoms with van der Waals surface area (Å²) in [4.78, 5) is 27.1. The van der Waals surface area contributed by atoms with Gasteiger partial charge < -0.3 is 19.2 Å². The summed E-state index contributed by atoms with van der Waals surface area (Å²) >= 11 is 0. The van der Waals surface area contributed by atoms with Crippen LogP contribution in [-0.2, 0) is 0 Å². The van der Waals surface area contributed by atoms with Crippen LogP contribution in [0.15, 0.2) is 51.7 Å². The number of fused-ring (bicyclic) bond motifs is 2. The fraction of sp³-hybridized carbons (Fsp3) is 0.158. The average molecular weight is 337 g/mol. The van der Waals surface area contributed by atoms with E-state index in [2.05, 4.69) is 0 Å². The van der Waals surface area contributed by atoms with Crippen molar-refractivity contribution in [3.63, 3.8) is 0 Å². The van der Waals surface area contributed by atoms with Gasteiger partial charge in [0.2, 0.25) is 5.76 Å². The summed E-state index contributed by atoms with van der Waals surface area (Å²) < 4.78 is 10.9.